The van der Waals surface area contributed by atoms with Gasteiger partial charge >= 0.3 is 0 Å². The average molecular weight is 644 g/mol. The Bertz CT molecular complexity index is 1520. The Morgan fingerprint density at radius 2 is 1.75 bits per heavy atom. The number of methoxy groups -OCH3 is 1. The van der Waals surface area contributed by atoms with E-state index in [1.54, 1.807) is 45.2 Å². The Kier molecular flexibility index (Phi) is 11.5. The zero-order valence-corrected chi connectivity index (χ0v) is 28.4. The Hall–Kier alpha value is -2.92. The number of likely N-dealkylation sites (N-methyl/N-ethyl adjacent to an activating group) is 1. The molecule has 1 aliphatic carbocycles. The highest BCUT2D eigenvalue weighted by molar-refractivity contribution is 7.92. The number of hydrogen-bond acceptors (Lipinski definition) is 9. The lowest BCUT2D eigenvalue weighted by Crippen LogP contribution is -2.36. The summed E-state index contributed by atoms with van der Waals surface area (Å²) >= 11 is 6.47. The average Bonchev–Trinajstić information content (AvgIpc) is 2.99. The number of sulfone groups is 1. The van der Waals surface area contributed by atoms with Gasteiger partial charge in [0.2, 0.25) is 5.95 Å². The van der Waals surface area contributed by atoms with Crippen molar-refractivity contribution in [1.82, 2.24) is 14.9 Å². The Labute approximate surface area is 267 Å². The summed E-state index contributed by atoms with van der Waals surface area (Å²) in [5.41, 5.74) is 3.65. The van der Waals surface area contributed by atoms with Gasteiger partial charge in [-0.3, -0.25) is 0 Å². The summed E-state index contributed by atoms with van der Waals surface area (Å²) in [6.07, 6.45) is 6.02. The fourth-order valence-electron chi connectivity index (χ4n) is 5.67. The van der Waals surface area contributed by atoms with Crippen LogP contribution in [0.1, 0.15) is 70.4 Å². The molecule has 240 valence electrons. The van der Waals surface area contributed by atoms with E-state index in [1.165, 1.54) is 17.3 Å². The minimum Gasteiger partial charge on any atom is -0.489 e. The van der Waals surface area contributed by atoms with Crippen LogP contribution in [0.15, 0.2) is 47.5 Å². The Morgan fingerprint density at radius 1 is 1.05 bits per heavy atom. The maximum absolute atomic E-state index is 13.0. The lowest BCUT2D eigenvalue weighted by molar-refractivity contribution is 0.119. The third-order valence-corrected chi connectivity index (χ3v) is 10.7. The molecule has 0 radical (unpaired) electrons. The van der Waals surface area contributed by atoms with Crippen molar-refractivity contribution in [1.29, 1.82) is 0 Å². The van der Waals surface area contributed by atoms with E-state index in [2.05, 4.69) is 51.6 Å². The number of nitrogens with one attached hydrogen (secondary N) is 2. The molecule has 1 fully saturated rings. The van der Waals surface area contributed by atoms with E-state index in [-0.39, 0.29) is 16.0 Å². The zero-order chi connectivity index (χ0) is 32.0. The molecule has 0 unspecified atom stereocenters. The number of aryl methyl sites for hydroxylation is 1. The maximum Gasteiger partial charge on any atom is 0.229 e. The fraction of sp³-hybridized carbons (Fsp3) is 0.515. The number of rotatable bonds is 13. The molecular weight excluding hydrogens is 598 g/mol. The molecule has 1 aromatic heterocycles. The predicted octanol–water partition coefficient (Wildman–Crippen LogP) is 7.50. The van der Waals surface area contributed by atoms with Crippen LogP contribution in [-0.2, 0) is 14.6 Å². The number of nitrogens with zero attached hydrogens (tertiary/aromatic N) is 3. The van der Waals surface area contributed by atoms with Crippen molar-refractivity contribution in [3.05, 3.63) is 58.7 Å². The molecule has 0 aliphatic heterocycles. The second kappa shape index (κ2) is 14.9. The molecule has 1 heterocycles. The van der Waals surface area contributed by atoms with Crippen molar-refractivity contribution in [2.75, 3.05) is 37.9 Å². The first-order valence-electron chi connectivity index (χ1n) is 15.3. The summed E-state index contributed by atoms with van der Waals surface area (Å²) < 4.78 is 37.5. The molecule has 11 heteroatoms. The standard InChI is InChI=1S/C33H46ClN5O4S/c1-21(2)43-30-19-26(24-12-14-25(15-13-24)39(6)16-17-42-7)23(5)18-29(30)37-33-35-20-27(34)32(38-33)36-28-10-8-9-11-31(28)44(40,41)22(3)4/h8-11,18-22,24-25H,12-17H2,1-7H3,(H2,35,36,37,38). The van der Waals surface area contributed by atoms with E-state index >= 15 is 0 Å². The number of para-hydroxylation sites is 1. The number of benzene rings is 2. The lowest BCUT2D eigenvalue weighted by Gasteiger charge is -2.35. The monoisotopic (exact) mass is 643 g/mol. The van der Waals surface area contributed by atoms with Crippen LogP contribution in [0, 0.1) is 6.92 Å². The molecule has 2 N–H and O–H groups in total. The van der Waals surface area contributed by atoms with Gasteiger partial charge in [0, 0.05) is 19.7 Å². The van der Waals surface area contributed by atoms with E-state index in [0.29, 0.717) is 29.4 Å². The molecule has 0 spiro atoms. The van der Waals surface area contributed by atoms with Gasteiger partial charge in [-0.2, -0.15) is 4.98 Å². The number of ether oxygens (including phenoxy) is 2. The van der Waals surface area contributed by atoms with Crippen LogP contribution in [0.3, 0.4) is 0 Å². The topological polar surface area (TPSA) is 106 Å². The molecule has 0 atom stereocenters. The second-order valence-corrected chi connectivity index (χ2v) is 15.0. The number of halogens is 1. The van der Waals surface area contributed by atoms with Crippen molar-refractivity contribution in [2.24, 2.45) is 0 Å². The summed E-state index contributed by atoms with van der Waals surface area (Å²) in [6, 6.07) is 11.6. The van der Waals surface area contributed by atoms with E-state index < -0.39 is 15.1 Å². The van der Waals surface area contributed by atoms with E-state index in [9.17, 15) is 8.42 Å². The molecule has 0 saturated heterocycles. The third-order valence-electron chi connectivity index (χ3n) is 8.20. The number of aromatic nitrogens is 2. The first kappa shape index (κ1) is 34.0. The van der Waals surface area contributed by atoms with E-state index in [1.807, 2.05) is 13.8 Å². The third kappa shape index (κ3) is 8.21. The van der Waals surface area contributed by atoms with Gasteiger partial charge in [-0.15, -0.1) is 0 Å². The number of hydrogen-bond donors (Lipinski definition) is 2. The van der Waals surface area contributed by atoms with Crippen LogP contribution in [0.2, 0.25) is 5.02 Å². The maximum atomic E-state index is 13.0. The zero-order valence-electron chi connectivity index (χ0n) is 26.9. The van der Waals surface area contributed by atoms with Crippen LogP contribution < -0.4 is 15.4 Å². The van der Waals surface area contributed by atoms with Crippen LogP contribution in [0.5, 0.6) is 5.75 Å². The molecule has 0 bridgehead atoms. The van der Waals surface area contributed by atoms with Crippen molar-refractivity contribution in [3.63, 3.8) is 0 Å². The quantitative estimate of drug-likeness (QED) is 0.196. The molecule has 9 nitrogen and oxygen atoms in total. The second-order valence-electron chi connectivity index (χ2n) is 12.1. The molecule has 1 saturated carbocycles. The molecule has 0 amide bonds. The lowest BCUT2D eigenvalue weighted by atomic mass is 9.79. The SMILES string of the molecule is COCCN(C)C1CCC(c2cc(OC(C)C)c(Nc3ncc(Cl)c(Nc4ccccc4S(=O)(=O)C(C)C)n3)cc2C)CC1. The van der Waals surface area contributed by atoms with Gasteiger partial charge in [0.25, 0.3) is 0 Å². The van der Waals surface area contributed by atoms with E-state index in [4.69, 9.17) is 21.1 Å². The molecular formula is C33H46ClN5O4S. The first-order valence-corrected chi connectivity index (χ1v) is 17.2. The summed E-state index contributed by atoms with van der Waals surface area (Å²) in [4.78, 5) is 11.6. The van der Waals surface area contributed by atoms with Gasteiger partial charge in [0.15, 0.2) is 15.7 Å². The summed E-state index contributed by atoms with van der Waals surface area (Å²) in [7, 11) is 0.407. The normalized spacial score (nSPS) is 17.3. The highest BCUT2D eigenvalue weighted by atomic mass is 35.5. The molecule has 4 rings (SSSR count). The van der Waals surface area contributed by atoms with E-state index in [0.717, 1.165) is 50.3 Å². The summed E-state index contributed by atoms with van der Waals surface area (Å²) in [5.74, 6) is 1.81. The van der Waals surface area contributed by atoms with Crippen LogP contribution in [0.4, 0.5) is 23.1 Å². The molecule has 2 aromatic carbocycles. The highest BCUT2D eigenvalue weighted by Gasteiger charge is 2.27. The van der Waals surface area contributed by atoms with Crippen molar-refractivity contribution >= 4 is 44.6 Å². The Morgan fingerprint density at radius 3 is 2.41 bits per heavy atom. The molecule has 3 aromatic rings. The molecule has 44 heavy (non-hydrogen) atoms. The van der Waals surface area contributed by atoms with Crippen molar-refractivity contribution < 1.29 is 17.9 Å². The van der Waals surface area contributed by atoms with Crippen LogP contribution >= 0.6 is 11.6 Å². The molecule has 1 aliphatic rings. The largest absolute Gasteiger partial charge is 0.489 e. The summed E-state index contributed by atoms with van der Waals surface area (Å²) in [5, 5.41) is 6.13. The smallest absolute Gasteiger partial charge is 0.229 e. The van der Waals surface area contributed by atoms with Gasteiger partial charge in [0.1, 0.15) is 10.8 Å². The van der Waals surface area contributed by atoms with Gasteiger partial charge in [0.05, 0.1) is 40.4 Å². The first-order chi connectivity index (χ1) is 20.9. The van der Waals surface area contributed by atoms with Gasteiger partial charge in [-0.1, -0.05) is 23.7 Å². The van der Waals surface area contributed by atoms with Crippen LogP contribution in [-0.4, -0.2) is 68.0 Å². The minimum absolute atomic E-state index is 0.0287. The minimum atomic E-state index is -3.53. The van der Waals surface area contributed by atoms with Gasteiger partial charge in [-0.25, -0.2) is 13.4 Å². The van der Waals surface area contributed by atoms with Gasteiger partial charge < -0.3 is 25.0 Å². The highest BCUT2D eigenvalue weighted by Crippen LogP contribution is 2.41. The summed E-state index contributed by atoms with van der Waals surface area (Å²) in [6.45, 7) is 11.2. The Balaban J connectivity index is 1.58. The van der Waals surface area contributed by atoms with Crippen molar-refractivity contribution in [2.45, 2.75) is 88.5 Å². The fourth-order valence-corrected chi connectivity index (χ4v) is 7.01. The number of anilines is 4. The van der Waals surface area contributed by atoms with Gasteiger partial charge in [-0.05, 0) is 109 Å². The predicted molar refractivity (Wildman–Crippen MR) is 179 cm³/mol. The van der Waals surface area contributed by atoms with Crippen molar-refractivity contribution in [3.8, 4) is 5.75 Å². The van der Waals surface area contributed by atoms with Crippen LogP contribution in [0.25, 0.3) is 0 Å².